The van der Waals surface area contributed by atoms with Gasteiger partial charge in [-0.25, -0.2) is 0 Å². The Hall–Kier alpha value is -1.46. The SMILES string of the molecule is COCC(CNc1cc(N)cc(OC)c1)OC. The van der Waals surface area contributed by atoms with Crippen molar-refractivity contribution in [2.45, 2.75) is 6.10 Å². The summed E-state index contributed by atoms with van der Waals surface area (Å²) in [6.45, 7) is 1.19. The van der Waals surface area contributed by atoms with Gasteiger partial charge in [-0.15, -0.1) is 0 Å². The molecule has 1 aromatic rings. The highest BCUT2D eigenvalue weighted by Gasteiger charge is 2.07. The lowest BCUT2D eigenvalue weighted by atomic mass is 10.2. The molecular formula is C12H20N2O3. The minimum Gasteiger partial charge on any atom is -0.497 e. The van der Waals surface area contributed by atoms with E-state index in [1.165, 1.54) is 0 Å². The van der Waals surface area contributed by atoms with Crippen LogP contribution in [0.15, 0.2) is 18.2 Å². The van der Waals surface area contributed by atoms with Crippen molar-refractivity contribution >= 4 is 11.4 Å². The van der Waals surface area contributed by atoms with Gasteiger partial charge in [0.2, 0.25) is 0 Å². The lowest BCUT2D eigenvalue weighted by Gasteiger charge is -2.16. The maximum absolute atomic E-state index is 5.76. The van der Waals surface area contributed by atoms with Crippen molar-refractivity contribution in [3.63, 3.8) is 0 Å². The van der Waals surface area contributed by atoms with E-state index in [9.17, 15) is 0 Å². The lowest BCUT2D eigenvalue weighted by molar-refractivity contribution is 0.0365. The fourth-order valence-electron chi connectivity index (χ4n) is 1.47. The Labute approximate surface area is 102 Å². The molecule has 0 fully saturated rings. The molecule has 0 saturated carbocycles. The average Bonchev–Trinajstić information content (AvgIpc) is 2.33. The van der Waals surface area contributed by atoms with E-state index in [-0.39, 0.29) is 6.10 Å². The summed E-state index contributed by atoms with van der Waals surface area (Å²) in [7, 11) is 4.92. The van der Waals surface area contributed by atoms with Crippen LogP contribution in [0.1, 0.15) is 0 Å². The number of anilines is 2. The lowest BCUT2D eigenvalue weighted by Crippen LogP contribution is -2.26. The van der Waals surface area contributed by atoms with Crippen molar-refractivity contribution in [3.05, 3.63) is 18.2 Å². The summed E-state index contributed by atoms with van der Waals surface area (Å²) in [5, 5.41) is 3.23. The second-order valence-corrected chi connectivity index (χ2v) is 3.69. The van der Waals surface area contributed by atoms with E-state index < -0.39 is 0 Å². The van der Waals surface area contributed by atoms with E-state index >= 15 is 0 Å². The van der Waals surface area contributed by atoms with Crippen molar-refractivity contribution in [2.75, 3.05) is 45.5 Å². The van der Waals surface area contributed by atoms with E-state index in [0.717, 1.165) is 11.4 Å². The van der Waals surface area contributed by atoms with Crippen LogP contribution in [-0.2, 0) is 9.47 Å². The molecule has 0 radical (unpaired) electrons. The molecular weight excluding hydrogens is 220 g/mol. The summed E-state index contributed by atoms with van der Waals surface area (Å²) in [6.07, 6.45) is 0.00688. The van der Waals surface area contributed by atoms with Crippen molar-refractivity contribution in [2.24, 2.45) is 0 Å². The zero-order chi connectivity index (χ0) is 12.7. The smallest absolute Gasteiger partial charge is 0.122 e. The third-order valence-electron chi connectivity index (χ3n) is 2.38. The van der Waals surface area contributed by atoms with Gasteiger partial charge in [0.05, 0.1) is 19.8 Å². The molecule has 17 heavy (non-hydrogen) atoms. The highest BCUT2D eigenvalue weighted by molar-refractivity contribution is 5.59. The second-order valence-electron chi connectivity index (χ2n) is 3.69. The summed E-state index contributed by atoms with van der Waals surface area (Å²) in [6, 6.07) is 5.51. The van der Waals surface area contributed by atoms with Crippen LogP contribution in [0.5, 0.6) is 5.75 Å². The third kappa shape index (κ3) is 4.50. The predicted octanol–water partition coefficient (Wildman–Crippen LogP) is 1.35. The Kier molecular flexibility index (Phi) is 5.59. The van der Waals surface area contributed by atoms with Crippen molar-refractivity contribution in [1.29, 1.82) is 0 Å². The summed E-state index contributed by atoms with van der Waals surface area (Å²) in [5.74, 6) is 0.730. The number of hydrogen-bond acceptors (Lipinski definition) is 5. The molecule has 3 N–H and O–H groups in total. The van der Waals surface area contributed by atoms with Crippen molar-refractivity contribution in [1.82, 2.24) is 0 Å². The molecule has 0 heterocycles. The predicted molar refractivity (Wildman–Crippen MR) is 68.6 cm³/mol. The molecule has 5 nitrogen and oxygen atoms in total. The molecule has 0 aromatic heterocycles. The fraction of sp³-hybridized carbons (Fsp3) is 0.500. The molecule has 1 rings (SSSR count). The van der Waals surface area contributed by atoms with E-state index in [4.69, 9.17) is 19.9 Å². The molecule has 1 unspecified atom stereocenters. The molecule has 0 saturated heterocycles. The molecule has 96 valence electrons. The van der Waals surface area contributed by atoms with Crippen LogP contribution in [0.25, 0.3) is 0 Å². The van der Waals surface area contributed by atoms with Gasteiger partial charge in [-0.2, -0.15) is 0 Å². The van der Waals surface area contributed by atoms with Gasteiger partial charge in [0.15, 0.2) is 0 Å². The standard InChI is InChI=1S/C12H20N2O3/c1-15-8-12(17-3)7-14-10-4-9(13)5-11(6-10)16-2/h4-6,12,14H,7-8,13H2,1-3H3. The largest absolute Gasteiger partial charge is 0.497 e. The monoisotopic (exact) mass is 240 g/mol. The van der Waals surface area contributed by atoms with Crippen LogP contribution in [0.3, 0.4) is 0 Å². The van der Waals surface area contributed by atoms with Crippen LogP contribution >= 0.6 is 0 Å². The fourth-order valence-corrected chi connectivity index (χ4v) is 1.47. The minimum absolute atomic E-state index is 0.00688. The number of nitrogens with two attached hydrogens (primary N) is 1. The average molecular weight is 240 g/mol. The summed E-state index contributed by atoms with van der Waals surface area (Å²) in [4.78, 5) is 0. The summed E-state index contributed by atoms with van der Waals surface area (Å²) in [5.41, 5.74) is 7.32. The number of benzene rings is 1. The first-order chi connectivity index (χ1) is 8.19. The molecule has 0 aliphatic rings. The number of methoxy groups -OCH3 is 3. The zero-order valence-corrected chi connectivity index (χ0v) is 10.5. The third-order valence-corrected chi connectivity index (χ3v) is 2.38. The zero-order valence-electron chi connectivity index (χ0n) is 10.5. The van der Waals surface area contributed by atoms with E-state index in [0.29, 0.717) is 18.8 Å². The molecule has 5 heteroatoms. The highest BCUT2D eigenvalue weighted by atomic mass is 16.5. The van der Waals surface area contributed by atoms with Crippen LogP contribution in [0, 0.1) is 0 Å². The van der Waals surface area contributed by atoms with Gasteiger partial charge < -0.3 is 25.3 Å². The first-order valence-corrected chi connectivity index (χ1v) is 5.39. The maximum Gasteiger partial charge on any atom is 0.122 e. The number of hydrogen-bond donors (Lipinski definition) is 2. The number of ether oxygens (including phenoxy) is 3. The minimum atomic E-state index is 0.00688. The van der Waals surface area contributed by atoms with Crippen LogP contribution in [0.4, 0.5) is 11.4 Å². The number of rotatable bonds is 7. The normalized spacial score (nSPS) is 12.2. The van der Waals surface area contributed by atoms with Gasteiger partial charge in [-0.3, -0.25) is 0 Å². The van der Waals surface area contributed by atoms with Crippen molar-refractivity contribution < 1.29 is 14.2 Å². The van der Waals surface area contributed by atoms with Gasteiger partial charge in [0.1, 0.15) is 5.75 Å². The Morgan fingerprint density at radius 1 is 1.24 bits per heavy atom. The number of nitrogens with one attached hydrogen (secondary N) is 1. The summed E-state index contributed by atoms with van der Waals surface area (Å²) < 4.78 is 15.4. The first-order valence-electron chi connectivity index (χ1n) is 5.39. The number of nitrogen functional groups attached to an aromatic ring is 1. The Bertz CT molecular complexity index is 345. The quantitative estimate of drug-likeness (QED) is 0.704. The molecule has 0 aliphatic heterocycles. The second kappa shape index (κ2) is 6.98. The van der Waals surface area contributed by atoms with Crippen LogP contribution in [-0.4, -0.2) is 40.6 Å². The van der Waals surface area contributed by atoms with E-state index in [1.807, 2.05) is 12.1 Å². The molecule has 0 spiro atoms. The molecule has 0 amide bonds. The first kappa shape index (κ1) is 13.6. The maximum atomic E-state index is 5.76. The van der Waals surface area contributed by atoms with Gasteiger partial charge >= 0.3 is 0 Å². The van der Waals surface area contributed by atoms with Gasteiger partial charge in [0, 0.05) is 44.3 Å². The Morgan fingerprint density at radius 2 is 2.00 bits per heavy atom. The Balaban J connectivity index is 2.58. The Morgan fingerprint density at radius 3 is 2.59 bits per heavy atom. The van der Waals surface area contributed by atoms with Crippen LogP contribution < -0.4 is 15.8 Å². The molecule has 0 bridgehead atoms. The topological polar surface area (TPSA) is 65.7 Å². The molecule has 1 aromatic carbocycles. The molecule has 0 aliphatic carbocycles. The van der Waals surface area contributed by atoms with Gasteiger partial charge in [-0.1, -0.05) is 0 Å². The van der Waals surface area contributed by atoms with E-state index in [1.54, 1.807) is 27.4 Å². The van der Waals surface area contributed by atoms with E-state index in [2.05, 4.69) is 5.32 Å². The van der Waals surface area contributed by atoms with Crippen LogP contribution in [0.2, 0.25) is 0 Å². The highest BCUT2D eigenvalue weighted by Crippen LogP contribution is 2.22. The van der Waals surface area contributed by atoms with Gasteiger partial charge in [-0.05, 0) is 6.07 Å². The molecule has 1 atom stereocenters. The summed E-state index contributed by atoms with van der Waals surface area (Å²) >= 11 is 0. The van der Waals surface area contributed by atoms with Gasteiger partial charge in [0.25, 0.3) is 0 Å². The van der Waals surface area contributed by atoms with Crippen molar-refractivity contribution in [3.8, 4) is 5.75 Å².